The van der Waals surface area contributed by atoms with E-state index in [2.05, 4.69) is 27.9 Å². The van der Waals surface area contributed by atoms with Gasteiger partial charge >= 0.3 is 0 Å². The van der Waals surface area contributed by atoms with E-state index in [1.165, 1.54) is 18.4 Å². The summed E-state index contributed by atoms with van der Waals surface area (Å²) in [6.07, 6.45) is 17.7. The lowest BCUT2D eigenvalue weighted by Gasteiger charge is -2.45. The largest absolute Gasteiger partial charge is 0.392 e. The van der Waals surface area contributed by atoms with Crippen LogP contribution in [0, 0.1) is 23.2 Å². The number of anilines is 1. The van der Waals surface area contributed by atoms with Crippen molar-refractivity contribution in [2.24, 2.45) is 23.2 Å². The van der Waals surface area contributed by atoms with Gasteiger partial charge in [-0.1, -0.05) is 25.0 Å². The van der Waals surface area contributed by atoms with E-state index >= 15 is 0 Å². The van der Waals surface area contributed by atoms with Gasteiger partial charge in [0.25, 0.3) is 0 Å². The third-order valence-electron chi connectivity index (χ3n) is 8.73. The maximum atomic E-state index is 13.4. The van der Waals surface area contributed by atoms with Gasteiger partial charge in [0, 0.05) is 43.2 Å². The highest BCUT2D eigenvalue weighted by Gasteiger charge is 2.46. The maximum absolute atomic E-state index is 13.4. The van der Waals surface area contributed by atoms with Crippen LogP contribution in [0.3, 0.4) is 0 Å². The van der Waals surface area contributed by atoms with E-state index < -0.39 is 0 Å². The van der Waals surface area contributed by atoms with E-state index in [1.807, 2.05) is 12.4 Å². The Hall–Kier alpha value is -1.75. The second-order valence-corrected chi connectivity index (χ2v) is 10.6. The molecule has 2 bridgehead atoms. The Balaban J connectivity index is 1.21. The Morgan fingerprint density at radius 2 is 2.00 bits per heavy atom. The van der Waals surface area contributed by atoms with Gasteiger partial charge in [0.1, 0.15) is 5.78 Å². The van der Waals surface area contributed by atoms with Crippen molar-refractivity contribution in [1.29, 1.82) is 0 Å². The quantitative estimate of drug-likeness (QED) is 0.723. The molecule has 168 valence electrons. The molecule has 5 nitrogen and oxygen atoms in total. The zero-order chi connectivity index (χ0) is 21.4. The molecule has 1 spiro atoms. The molecule has 1 aromatic heterocycles. The second kappa shape index (κ2) is 8.65. The summed E-state index contributed by atoms with van der Waals surface area (Å²) in [5.41, 5.74) is 2.44. The van der Waals surface area contributed by atoms with Crippen LogP contribution in [0.25, 0.3) is 0 Å². The first-order chi connectivity index (χ1) is 15.1. The average Bonchev–Trinajstić information content (AvgIpc) is 2.96. The topological polar surface area (TPSA) is 66.3 Å². The summed E-state index contributed by atoms with van der Waals surface area (Å²) in [6.45, 7) is 3.84. The van der Waals surface area contributed by atoms with Crippen LogP contribution in [0.1, 0.15) is 76.7 Å². The number of aliphatic hydroxyl groups excluding tert-OH is 1. The summed E-state index contributed by atoms with van der Waals surface area (Å²) < 4.78 is 0. The molecular formula is C26H37N3O2. The maximum Gasteiger partial charge on any atom is 0.225 e. The van der Waals surface area contributed by atoms with E-state index in [1.54, 1.807) is 0 Å². The first-order valence-electron chi connectivity index (χ1n) is 12.5. The first kappa shape index (κ1) is 21.1. The standard InChI is InChI=1S/C26H37N3O2/c1-2-18-15-27-25(28-16-18)29-12-4-10-26(17-29)11-9-19(13-23(26)30)7-8-20-14-21-5-3-6-22(20)24(21)31/h8,15-16,19,21-22,24,31H,2-7,9-14,17H2,1H3/b20-8-/t19?,21?,22?,24?,26-/m1/s1. The van der Waals surface area contributed by atoms with Crippen molar-refractivity contribution >= 4 is 11.7 Å². The molecule has 5 heteroatoms. The fraction of sp³-hybridized carbons (Fsp3) is 0.731. The smallest absolute Gasteiger partial charge is 0.225 e. The number of aliphatic hydroxyl groups is 1. The lowest BCUT2D eigenvalue weighted by Crippen LogP contribution is -2.50. The normalized spacial score (nSPS) is 37.0. The van der Waals surface area contributed by atoms with Crippen LogP contribution in [-0.4, -0.2) is 40.1 Å². The van der Waals surface area contributed by atoms with Crippen LogP contribution >= 0.6 is 0 Å². The minimum absolute atomic E-state index is 0.113. The van der Waals surface area contributed by atoms with Crippen molar-refractivity contribution in [3.8, 4) is 0 Å². The van der Waals surface area contributed by atoms with Crippen LogP contribution in [0.5, 0.6) is 0 Å². The molecule has 5 rings (SSSR count). The molecule has 0 amide bonds. The van der Waals surface area contributed by atoms with Crippen LogP contribution in [-0.2, 0) is 11.2 Å². The summed E-state index contributed by atoms with van der Waals surface area (Å²) in [7, 11) is 0. The number of fused-ring (bicyclic) bond motifs is 2. The number of rotatable bonds is 4. The van der Waals surface area contributed by atoms with E-state index in [9.17, 15) is 9.90 Å². The van der Waals surface area contributed by atoms with Crippen molar-refractivity contribution < 1.29 is 9.90 Å². The highest BCUT2D eigenvalue weighted by Crippen LogP contribution is 2.47. The van der Waals surface area contributed by atoms with E-state index in [-0.39, 0.29) is 11.5 Å². The van der Waals surface area contributed by atoms with Crippen molar-refractivity contribution in [2.75, 3.05) is 18.0 Å². The minimum Gasteiger partial charge on any atom is -0.392 e. The van der Waals surface area contributed by atoms with Gasteiger partial charge in [-0.2, -0.15) is 0 Å². The number of allylic oxidation sites excluding steroid dienone is 1. The molecule has 4 aliphatic rings. The Labute approximate surface area is 186 Å². The molecule has 1 aliphatic heterocycles. The number of aryl methyl sites for hydroxylation is 1. The van der Waals surface area contributed by atoms with E-state index in [0.717, 1.165) is 76.0 Å². The van der Waals surface area contributed by atoms with Crippen molar-refractivity contribution in [3.05, 3.63) is 29.6 Å². The lowest BCUT2D eigenvalue weighted by atomic mass is 9.65. The number of Topliss-reactive ketones (excluding diaryl/α,β-unsaturated/α-hetero) is 1. The van der Waals surface area contributed by atoms with Crippen molar-refractivity contribution in [3.63, 3.8) is 0 Å². The van der Waals surface area contributed by atoms with Crippen molar-refractivity contribution in [1.82, 2.24) is 9.97 Å². The molecule has 0 aromatic carbocycles. The van der Waals surface area contributed by atoms with E-state index in [4.69, 9.17) is 0 Å². The summed E-state index contributed by atoms with van der Waals surface area (Å²) in [5, 5.41) is 10.5. The number of piperidine rings is 1. The molecule has 4 fully saturated rings. The Kier molecular flexibility index (Phi) is 5.89. The van der Waals surface area contributed by atoms with Gasteiger partial charge in [-0.3, -0.25) is 4.79 Å². The van der Waals surface area contributed by atoms with Gasteiger partial charge in [0.05, 0.1) is 6.10 Å². The second-order valence-electron chi connectivity index (χ2n) is 10.6. The molecule has 5 atom stereocenters. The van der Waals surface area contributed by atoms with Crippen LogP contribution < -0.4 is 4.90 Å². The summed E-state index contributed by atoms with van der Waals surface area (Å²) >= 11 is 0. The Morgan fingerprint density at radius 1 is 1.16 bits per heavy atom. The monoisotopic (exact) mass is 423 g/mol. The predicted octanol–water partition coefficient (Wildman–Crippen LogP) is 4.49. The number of hydrogen-bond acceptors (Lipinski definition) is 5. The SMILES string of the molecule is CCc1cnc(N2CCC[C@@]3(CCC(C/C=C4/CC5CCCC4C5O)CC3=O)C2)nc1. The number of ketones is 1. The fourth-order valence-electron chi connectivity index (χ4n) is 6.73. The summed E-state index contributed by atoms with van der Waals surface area (Å²) in [4.78, 5) is 24.7. The number of nitrogens with zero attached hydrogens (tertiary/aromatic N) is 3. The zero-order valence-corrected chi connectivity index (χ0v) is 18.9. The molecule has 4 unspecified atom stereocenters. The van der Waals surface area contributed by atoms with Crippen LogP contribution in [0.4, 0.5) is 5.95 Å². The highest BCUT2D eigenvalue weighted by molar-refractivity contribution is 5.86. The number of carbonyl (C=O) groups excluding carboxylic acids is 1. The molecule has 3 aliphatic carbocycles. The van der Waals surface area contributed by atoms with Gasteiger partial charge in [0.15, 0.2) is 0 Å². The molecule has 3 saturated carbocycles. The molecule has 0 radical (unpaired) electrons. The molecule has 2 heterocycles. The number of aromatic nitrogens is 2. The van der Waals surface area contributed by atoms with Crippen LogP contribution in [0.2, 0.25) is 0 Å². The third-order valence-corrected chi connectivity index (χ3v) is 8.73. The van der Waals surface area contributed by atoms with Crippen molar-refractivity contribution in [2.45, 2.75) is 83.7 Å². The van der Waals surface area contributed by atoms with Gasteiger partial charge in [0.2, 0.25) is 5.95 Å². The molecular weight excluding hydrogens is 386 g/mol. The zero-order valence-electron chi connectivity index (χ0n) is 18.9. The summed E-state index contributed by atoms with van der Waals surface area (Å²) in [5.74, 6) is 2.60. The molecule has 1 saturated heterocycles. The lowest BCUT2D eigenvalue weighted by molar-refractivity contribution is -0.133. The predicted molar refractivity (Wildman–Crippen MR) is 122 cm³/mol. The minimum atomic E-state index is -0.200. The van der Waals surface area contributed by atoms with Gasteiger partial charge in [-0.05, 0) is 75.2 Å². The van der Waals surface area contributed by atoms with Crippen LogP contribution in [0.15, 0.2) is 24.0 Å². The number of carbonyl (C=O) groups is 1. The number of hydrogen-bond donors (Lipinski definition) is 1. The molecule has 1 aromatic rings. The first-order valence-corrected chi connectivity index (χ1v) is 12.5. The van der Waals surface area contributed by atoms with Gasteiger partial charge in [-0.25, -0.2) is 9.97 Å². The third kappa shape index (κ3) is 4.06. The van der Waals surface area contributed by atoms with E-state index in [0.29, 0.717) is 30.0 Å². The Bertz CT molecular complexity index is 836. The highest BCUT2D eigenvalue weighted by atomic mass is 16.3. The van der Waals surface area contributed by atoms with Gasteiger partial charge in [-0.15, -0.1) is 0 Å². The fourth-order valence-corrected chi connectivity index (χ4v) is 6.73. The Morgan fingerprint density at radius 3 is 2.74 bits per heavy atom. The molecule has 1 N–H and O–H groups in total. The molecule has 31 heavy (non-hydrogen) atoms. The summed E-state index contributed by atoms with van der Waals surface area (Å²) in [6, 6.07) is 0. The average molecular weight is 424 g/mol. The van der Waals surface area contributed by atoms with Gasteiger partial charge < -0.3 is 10.0 Å².